The van der Waals surface area contributed by atoms with Crippen molar-refractivity contribution in [2.45, 2.75) is 187 Å². The molecule has 0 aliphatic carbocycles. The van der Waals surface area contributed by atoms with Crippen molar-refractivity contribution in [3.8, 4) is 0 Å². The maximum atomic E-state index is 14.0. The van der Waals surface area contributed by atoms with Gasteiger partial charge in [0.25, 0.3) is 0 Å². The summed E-state index contributed by atoms with van der Waals surface area (Å²) < 4.78 is 73.4. The molecule has 0 radical (unpaired) electrons. The fraction of sp³-hybridized carbons (Fsp3) is 1.00. The molecule has 0 aliphatic heterocycles. The topological polar surface area (TPSA) is 43.4 Å². The van der Waals surface area contributed by atoms with Crippen LogP contribution in [0.15, 0.2) is 0 Å². The van der Waals surface area contributed by atoms with Crippen LogP contribution >= 0.6 is 6.83 Å². The first-order chi connectivity index (χ1) is 19.5. The van der Waals surface area contributed by atoms with Crippen LogP contribution < -0.4 is 0 Å². The van der Waals surface area contributed by atoms with E-state index in [1.54, 1.807) is 0 Å². The Kier molecular flexibility index (Phi) is 23.6. The first-order valence-corrected chi connectivity index (χ1v) is 21.9. The standard InChI is InChI=1S/C33H68F3O3PS/c1-5-9-13-17-21-25-29-40(30-26-22-18-14-10-6-2,31-27-23-19-15-11-7-3,32-28-24-20-16-12-8-4)39-41(37,38)33(34,35)36/h5-32H2,1-4H3. The molecule has 0 heterocycles. The zero-order chi connectivity index (χ0) is 31.0. The van der Waals surface area contributed by atoms with E-state index in [0.717, 1.165) is 154 Å². The van der Waals surface area contributed by atoms with E-state index in [9.17, 15) is 21.6 Å². The summed E-state index contributed by atoms with van der Waals surface area (Å²) >= 11 is 0. The molecule has 0 aromatic rings. The van der Waals surface area contributed by atoms with E-state index in [-0.39, 0.29) is 0 Å². The van der Waals surface area contributed by atoms with Crippen LogP contribution in [0.1, 0.15) is 182 Å². The predicted molar refractivity (Wildman–Crippen MR) is 176 cm³/mol. The van der Waals surface area contributed by atoms with Crippen molar-refractivity contribution in [1.82, 2.24) is 0 Å². The Morgan fingerprint density at radius 3 is 0.878 bits per heavy atom. The van der Waals surface area contributed by atoms with Crippen LogP contribution in [0.4, 0.5) is 13.2 Å². The van der Waals surface area contributed by atoms with E-state index >= 15 is 0 Å². The summed E-state index contributed by atoms with van der Waals surface area (Å²) in [5, 5.41) is 0. The summed E-state index contributed by atoms with van der Waals surface area (Å²) in [5.41, 5.74) is -5.37. The molecular formula is C33H68F3O3PS. The van der Waals surface area contributed by atoms with Crippen LogP contribution in [-0.4, -0.2) is 38.6 Å². The van der Waals surface area contributed by atoms with Crippen molar-refractivity contribution < 1.29 is 25.6 Å². The van der Waals surface area contributed by atoms with Gasteiger partial charge in [-0.25, -0.2) is 0 Å². The van der Waals surface area contributed by atoms with Crippen molar-refractivity contribution in [2.24, 2.45) is 0 Å². The molecule has 0 saturated carbocycles. The number of alkyl halides is 3. The van der Waals surface area contributed by atoms with Gasteiger partial charge in [0.15, 0.2) is 0 Å². The van der Waals surface area contributed by atoms with Gasteiger partial charge in [0.05, 0.1) is 0 Å². The summed E-state index contributed by atoms with van der Waals surface area (Å²) in [5.74, 6) is 0. The molecule has 8 heteroatoms. The average Bonchev–Trinajstić information content (AvgIpc) is 2.91. The van der Waals surface area contributed by atoms with E-state index in [1.165, 1.54) is 0 Å². The fourth-order valence-corrected chi connectivity index (χ4v) is 15.5. The van der Waals surface area contributed by atoms with Crippen LogP contribution in [-0.2, 0) is 14.1 Å². The Morgan fingerprint density at radius 1 is 0.439 bits per heavy atom. The summed E-state index contributed by atoms with van der Waals surface area (Å²) in [4.78, 5) is 0. The minimum absolute atomic E-state index is 0.534. The van der Waals surface area contributed by atoms with E-state index < -0.39 is 22.5 Å². The van der Waals surface area contributed by atoms with Gasteiger partial charge < -0.3 is 0 Å². The zero-order valence-electron chi connectivity index (χ0n) is 27.5. The quantitative estimate of drug-likeness (QED) is 0.0449. The van der Waals surface area contributed by atoms with Crippen molar-refractivity contribution in [3.63, 3.8) is 0 Å². The van der Waals surface area contributed by atoms with Gasteiger partial charge in [0, 0.05) is 0 Å². The van der Waals surface area contributed by atoms with Gasteiger partial charge in [0.2, 0.25) is 0 Å². The molecule has 0 bridgehead atoms. The van der Waals surface area contributed by atoms with E-state index in [1.807, 2.05) is 0 Å². The molecule has 0 spiro atoms. The summed E-state index contributed by atoms with van der Waals surface area (Å²) in [6.07, 6.45) is 26.9. The third-order valence-electron chi connectivity index (χ3n) is 8.90. The monoisotopic (exact) mass is 632 g/mol. The number of rotatable bonds is 30. The second-order valence-electron chi connectivity index (χ2n) is 12.8. The summed E-state index contributed by atoms with van der Waals surface area (Å²) in [6.45, 7) is 5.00. The average molecular weight is 633 g/mol. The van der Waals surface area contributed by atoms with Gasteiger partial charge in [-0.05, 0) is 0 Å². The van der Waals surface area contributed by atoms with Gasteiger partial charge in [-0.3, -0.25) is 0 Å². The van der Waals surface area contributed by atoms with Gasteiger partial charge >= 0.3 is 254 Å². The zero-order valence-corrected chi connectivity index (χ0v) is 29.2. The van der Waals surface area contributed by atoms with Crippen LogP contribution in [0.2, 0.25) is 0 Å². The van der Waals surface area contributed by atoms with Crippen LogP contribution in [0.3, 0.4) is 0 Å². The second kappa shape index (κ2) is 23.5. The number of hydrogen-bond donors (Lipinski definition) is 0. The van der Waals surface area contributed by atoms with Crippen LogP contribution in [0, 0.1) is 0 Å². The molecule has 0 rings (SSSR count). The van der Waals surface area contributed by atoms with E-state index in [4.69, 9.17) is 3.97 Å². The van der Waals surface area contributed by atoms with Crippen LogP contribution in [0.25, 0.3) is 0 Å². The Bertz CT molecular complexity index is 637. The summed E-state index contributed by atoms with van der Waals surface area (Å²) in [7, 11) is -5.66. The first kappa shape index (κ1) is 41.1. The number of unbranched alkanes of at least 4 members (excludes halogenated alkanes) is 20. The summed E-state index contributed by atoms with van der Waals surface area (Å²) in [6, 6.07) is 0. The second-order valence-corrected chi connectivity index (χ2v) is 20.3. The first-order valence-electron chi connectivity index (χ1n) is 17.5. The van der Waals surface area contributed by atoms with Gasteiger partial charge in [-0.2, -0.15) is 0 Å². The van der Waals surface area contributed by atoms with E-state index in [2.05, 4.69) is 27.7 Å². The van der Waals surface area contributed by atoms with E-state index in [0.29, 0.717) is 24.6 Å². The molecule has 0 aliphatic rings. The predicted octanol–water partition coefficient (Wildman–Crippen LogP) is 12.8. The molecule has 0 amide bonds. The van der Waals surface area contributed by atoms with Gasteiger partial charge in [-0.1, -0.05) is 0 Å². The number of halogens is 3. The third-order valence-corrected chi connectivity index (χ3v) is 17.7. The molecule has 0 N–H and O–H groups in total. The number of hydrogen-bond acceptors (Lipinski definition) is 3. The molecule has 0 saturated heterocycles. The molecule has 0 aromatic heterocycles. The third kappa shape index (κ3) is 18.5. The van der Waals surface area contributed by atoms with Gasteiger partial charge in [0.1, 0.15) is 0 Å². The normalized spacial score (nSPS) is 13.9. The maximum absolute atomic E-state index is 14.0. The molecule has 0 unspecified atom stereocenters. The molecule has 0 fully saturated rings. The molecule has 3 nitrogen and oxygen atoms in total. The van der Waals surface area contributed by atoms with Crippen molar-refractivity contribution in [1.29, 1.82) is 0 Å². The fourth-order valence-electron chi connectivity index (χ4n) is 6.31. The van der Waals surface area contributed by atoms with Gasteiger partial charge in [-0.15, -0.1) is 0 Å². The molecule has 0 atom stereocenters. The minimum atomic E-state index is -5.66. The van der Waals surface area contributed by atoms with Crippen molar-refractivity contribution in [3.05, 3.63) is 0 Å². The molecular weight excluding hydrogens is 564 g/mol. The van der Waals surface area contributed by atoms with Crippen molar-refractivity contribution in [2.75, 3.05) is 24.6 Å². The Hall–Kier alpha value is 0.130. The van der Waals surface area contributed by atoms with Crippen molar-refractivity contribution >= 4 is 16.9 Å². The Labute approximate surface area is 254 Å². The molecule has 41 heavy (non-hydrogen) atoms. The SMILES string of the molecule is CCCCCCCCP(CCCCCCCC)(CCCCCCCC)(CCCCCCCC)OS(=O)(=O)C(F)(F)F. The van der Waals surface area contributed by atoms with Crippen LogP contribution in [0.5, 0.6) is 0 Å². The Morgan fingerprint density at radius 2 is 0.659 bits per heavy atom. The Balaban J connectivity index is 6.21. The molecule has 250 valence electrons. The molecule has 0 aromatic carbocycles.